The SMILES string of the molecule is CC(C)(C)[C@H](N)C(=O)NCc1ccccc1Cn1cccn1.Cl. The highest BCUT2D eigenvalue weighted by atomic mass is 35.5. The second kappa shape index (κ2) is 8.13. The van der Waals surface area contributed by atoms with Gasteiger partial charge >= 0.3 is 0 Å². The van der Waals surface area contributed by atoms with E-state index in [4.69, 9.17) is 5.73 Å². The van der Waals surface area contributed by atoms with E-state index in [-0.39, 0.29) is 23.7 Å². The smallest absolute Gasteiger partial charge is 0.237 e. The molecule has 1 aromatic heterocycles. The molecule has 0 saturated heterocycles. The van der Waals surface area contributed by atoms with Gasteiger partial charge in [0.1, 0.15) is 0 Å². The van der Waals surface area contributed by atoms with E-state index in [1.807, 2.05) is 62.0 Å². The van der Waals surface area contributed by atoms with Gasteiger partial charge in [0.25, 0.3) is 0 Å². The lowest BCUT2D eigenvalue weighted by Crippen LogP contribution is -2.48. The average molecular weight is 337 g/mol. The molecule has 1 atom stereocenters. The van der Waals surface area contributed by atoms with Gasteiger partial charge in [-0.1, -0.05) is 45.0 Å². The van der Waals surface area contributed by atoms with Gasteiger partial charge in [-0.3, -0.25) is 9.48 Å². The van der Waals surface area contributed by atoms with Crippen LogP contribution in [0.1, 0.15) is 31.9 Å². The summed E-state index contributed by atoms with van der Waals surface area (Å²) in [5, 5.41) is 7.15. The molecule has 0 spiro atoms. The number of nitrogens with zero attached hydrogens (tertiary/aromatic N) is 2. The van der Waals surface area contributed by atoms with Crippen LogP contribution in [0.2, 0.25) is 0 Å². The molecule has 6 heteroatoms. The van der Waals surface area contributed by atoms with Gasteiger partial charge in [0, 0.05) is 18.9 Å². The molecule has 0 saturated carbocycles. The fourth-order valence-corrected chi connectivity index (χ4v) is 2.14. The molecule has 0 aliphatic carbocycles. The number of rotatable bonds is 5. The molecular weight excluding hydrogens is 312 g/mol. The van der Waals surface area contributed by atoms with Gasteiger partial charge < -0.3 is 11.1 Å². The van der Waals surface area contributed by atoms with Crippen LogP contribution in [-0.2, 0) is 17.9 Å². The van der Waals surface area contributed by atoms with Crippen molar-refractivity contribution in [3.63, 3.8) is 0 Å². The van der Waals surface area contributed by atoms with E-state index in [0.29, 0.717) is 13.1 Å². The van der Waals surface area contributed by atoms with Gasteiger partial charge in [-0.25, -0.2) is 0 Å². The lowest BCUT2D eigenvalue weighted by Gasteiger charge is -2.26. The van der Waals surface area contributed by atoms with Gasteiger partial charge in [0.15, 0.2) is 0 Å². The maximum Gasteiger partial charge on any atom is 0.237 e. The highest BCUT2D eigenvalue weighted by Crippen LogP contribution is 2.17. The second-order valence-electron chi connectivity index (χ2n) is 6.53. The first-order valence-corrected chi connectivity index (χ1v) is 7.45. The zero-order chi connectivity index (χ0) is 16.2. The van der Waals surface area contributed by atoms with Gasteiger partial charge in [0.05, 0.1) is 12.6 Å². The molecule has 5 nitrogen and oxygen atoms in total. The van der Waals surface area contributed by atoms with E-state index < -0.39 is 6.04 Å². The predicted octanol–water partition coefficient (Wildman–Crippen LogP) is 2.34. The van der Waals surface area contributed by atoms with Crippen molar-refractivity contribution in [1.82, 2.24) is 15.1 Å². The summed E-state index contributed by atoms with van der Waals surface area (Å²) in [7, 11) is 0. The maximum atomic E-state index is 12.1. The molecule has 1 amide bonds. The Kier molecular flexibility index (Phi) is 6.79. The third-order valence-corrected chi connectivity index (χ3v) is 3.68. The number of nitrogens with two attached hydrogens (primary N) is 1. The number of carbonyl (C=O) groups excluding carboxylic acids is 1. The van der Waals surface area contributed by atoms with E-state index in [9.17, 15) is 4.79 Å². The number of hydrogen-bond acceptors (Lipinski definition) is 3. The summed E-state index contributed by atoms with van der Waals surface area (Å²) in [6, 6.07) is 9.40. The number of aromatic nitrogens is 2. The summed E-state index contributed by atoms with van der Waals surface area (Å²) in [6.45, 7) is 7.04. The Labute approximate surface area is 143 Å². The minimum absolute atomic E-state index is 0. The second-order valence-corrected chi connectivity index (χ2v) is 6.53. The van der Waals surface area contributed by atoms with Crippen molar-refractivity contribution in [2.45, 2.75) is 39.9 Å². The lowest BCUT2D eigenvalue weighted by atomic mass is 9.87. The minimum atomic E-state index is -0.522. The van der Waals surface area contributed by atoms with Crippen molar-refractivity contribution in [1.29, 1.82) is 0 Å². The van der Waals surface area contributed by atoms with Crippen molar-refractivity contribution < 1.29 is 4.79 Å². The summed E-state index contributed by atoms with van der Waals surface area (Å²) in [5.74, 6) is -0.124. The largest absolute Gasteiger partial charge is 0.351 e. The van der Waals surface area contributed by atoms with Gasteiger partial charge in [-0.05, 0) is 22.6 Å². The van der Waals surface area contributed by atoms with Crippen molar-refractivity contribution >= 4 is 18.3 Å². The van der Waals surface area contributed by atoms with Crippen LogP contribution in [0.5, 0.6) is 0 Å². The monoisotopic (exact) mass is 336 g/mol. The summed E-state index contributed by atoms with van der Waals surface area (Å²) in [4.78, 5) is 12.1. The highest BCUT2D eigenvalue weighted by Gasteiger charge is 2.27. The van der Waals surface area contributed by atoms with Gasteiger partial charge in [-0.15, -0.1) is 12.4 Å². The number of hydrogen-bond donors (Lipinski definition) is 2. The molecule has 3 N–H and O–H groups in total. The molecule has 0 aliphatic rings. The third kappa shape index (κ3) is 5.37. The molecule has 2 rings (SSSR count). The molecule has 1 heterocycles. The zero-order valence-electron chi connectivity index (χ0n) is 13.8. The molecule has 0 fully saturated rings. The summed E-state index contributed by atoms with van der Waals surface area (Å²) < 4.78 is 1.86. The van der Waals surface area contributed by atoms with Crippen LogP contribution in [0.25, 0.3) is 0 Å². The van der Waals surface area contributed by atoms with E-state index in [1.165, 1.54) is 0 Å². The number of benzene rings is 1. The standard InChI is InChI=1S/C17H24N4O.ClH/c1-17(2,3)15(18)16(22)19-11-13-7-4-5-8-14(13)12-21-10-6-9-20-21;/h4-10,15H,11-12,18H2,1-3H3,(H,19,22);1H/t15-;/m1./s1. The zero-order valence-corrected chi connectivity index (χ0v) is 14.6. The Morgan fingerprint density at radius 1 is 1.26 bits per heavy atom. The minimum Gasteiger partial charge on any atom is -0.351 e. The van der Waals surface area contributed by atoms with Crippen molar-refractivity contribution in [3.8, 4) is 0 Å². The Hall–Kier alpha value is -1.85. The number of halogens is 1. The Morgan fingerprint density at radius 3 is 2.48 bits per heavy atom. The van der Waals surface area contributed by atoms with Crippen LogP contribution in [0.4, 0.5) is 0 Å². The Balaban J connectivity index is 0.00000264. The van der Waals surface area contributed by atoms with E-state index in [1.54, 1.807) is 6.20 Å². The first kappa shape index (κ1) is 19.2. The molecule has 0 unspecified atom stereocenters. The normalized spacial score (nSPS) is 12.3. The molecule has 0 radical (unpaired) electrons. The first-order valence-electron chi connectivity index (χ1n) is 7.45. The van der Waals surface area contributed by atoms with Crippen LogP contribution in [0.3, 0.4) is 0 Å². The van der Waals surface area contributed by atoms with Gasteiger partial charge in [0.2, 0.25) is 5.91 Å². The van der Waals surface area contributed by atoms with Crippen molar-refractivity contribution in [2.24, 2.45) is 11.1 Å². The van der Waals surface area contributed by atoms with E-state index in [2.05, 4.69) is 10.4 Å². The molecule has 1 aromatic carbocycles. The Morgan fingerprint density at radius 2 is 1.91 bits per heavy atom. The number of amides is 1. The summed E-state index contributed by atoms with van der Waals surface area (Å²) >= 11 is 0. The molecular formula is C17H25ClN4O. The first-order chi connectivity index (χ1) is 10.4. The highest BCUT2D eigenvalue weighted by molar-refractivity contribution is 5.85. The fourth-order valence-electron chi connectivity index (χ4n) is 2.14. The summed E-state index contributed by atoms with van der Waals surface area (Å²) in [6.07, 6.45) is 3.68. The van der Waals surface area contributed by atoms with Crippen LogP contribution >= 0.6 is 12.4 Å². The lowest BCUT2D eigenvalue weighted by molar-refractivity contribution is -0.124. The number of carbonyl (C=O) groups is 1. The molecule has 0 bridgehead atoms. The molecule has 0 aliphatic heterocycles. The van der Waals surface area contributed by atoms with Crippen molar-refractivity contribution in [3.05, 3.63) is 53.9 Å². The van der Waals surface area contributed by atoms with Crippen LogP contribution in [-0.4, -0.2) is 21.7 Å². The molecule has 23 heavy (non-hydrogen) atoms. The Bertz CT molecular complexity index is 620. The predicted molar refractivity (Wildman–Crippen MR) is 94.3 cm³/mol. The van der Waals surface area contributed by atoms with Crippen LogP contribution < -0.4 is 11.1 Å². The van der Waals surface area contributed by atoms with E-state index in [0.717, 1.165) is 11.1 Å². The quantitative estimate of drug-likeness (QED) is 0.880. The number of nitrogens with one attached hydrogen (secondary N) is 1. The molecule has 2 aromatic rings. The maximum absolute atomic E-state index is 12.1. The van der Waals surface area contributed by atoms with Gasteiger partial charge in [-0.2, -0.15) is 5.10 Å². The van der Waals surface area contributed by atoms with Crippen LogP contribution in [0.15, 0.2) is 42.7 Å². The molecule has 126 valence electrons. The van der Waals surface area contributed by atoms with Crippen molar-refractivity contribution in [2.75, 3.05) is 0 Å². The average Bonchev–Trinajstić information content (AvgIpc) is 2.97. The van der Waals surface area contributed by atoms with E-state index >= 15 is 0 Å². The fraction of sp³-hybridized carbons (Fsp3) is 0.412. The topological polar surface area (TPSA) is 72.9 Å². The third-order valence-electron chi connectivity index (χ3n) is 3.68. The summed E-state index contributed by atoms with van der Waals surface area (Å²) in [5.41, 5.74) is 7.94. The van der Waals surface area contributed by atoms with Crippen LogP contribution in [0, 0.1) is 5.41 Å².